The van der Waals surface area contributed by atoms with Crippen molar-refractivity contribution in [3.05, 3.63) is 24.0 Å². The van der Waals surface area contributed by atoms with E-state index in [-0.39, 0.29) is 11.5 Å². The third-order valence-electron chi connectivity index (χ3n) is 3.42. The standard InChI is InChI=1S/C14H19ClN2O3S/c1-3-21(18,19)9-8-17-13-5-4-11(20-2)10-12(13)16-14(17)6-7-15/h4-5,10H,3,6-9H2,1-2H3. The number of halogens is 1. The lowest BCUT2D eigenvalue weighted by atomic mass is 10.3. The van der Waals surface area contributed by atoms with Crippen molar-refractivity contribution < 1.29 is 13.2 Å². The van der Waals surface area contributed by atoms with Gasteiger partial charge in [-0.3, -0.25) is 0 Å². The van der Waals surface area contributed by atoms with E-state index < -0.39 is 9.84 Å². The highest BCUT2D eigenvalue weighted by Gasteiger charge is 2.14. The fourth-order valence-corrected chi connectivity index (χ4v) is 3.10. The van der Waals surface area contributed by atoms with E-state index in [0.717, 1.165) is 22.6 Å². The zero-order valence-electron chi connectivity index (χ0n) is 12.2. The van der Waals surface area contributed by atoms with Crippen LogP contribution in [0.3, 0.4) is 0 Å². The van der Waals surface area contributed by atoms with Crippen LogP contribution in [-0.4, -0.2) is 42.5 Å². The van der Waals surface area contributed by atoms with Crippen LogP contribution in [0.5, 0.6) is 5.75 Å². The van der Waals surface area contributed by atoms with Crippen molar-refractivity contribution in [3.63, 3.8) is 0 Å². The molecule has 0 saturated heterocycles. The maximum absolute atomic E-state index is 11.7. The van der Waals surface area contributed by atoms with E-state index in [2.05, 4.69) is 4.98 Å². The molecule has 0 atom stereocenters. The molecule has 0 N–H and O–H groups in total. The third kappa shape index (κ3) is 3.68. The summed E-state index contributed by atoms with van der Waals surface area (Å²) in [7, 11) is -1.41. The van der Waals surface area contributed by atoms with Gasteiger partial charge in [0.1, 0.15) is 11.6 Å². The smallest absolute Gasteiger partial charge is 0.151 e. The molecule has 1 heterocycles. The Morgan fingerprint density at radius 1 is 1.38 bits per heavy atom. The molecule has 7 heteroatoms. The average molecular weight is 331 g/mol. The van der Waals surface area contributed by atoms with Crippen LogP contribution >= 0.6 is 11.6 Å². The SMILES string of the molecule is CCS(=O)(=O)CCn1c(CCCl)nc2cc(OC)ccc21. The molecular weight excluding hydrogens is 312 g/mol. The number of sulfone groups is 1. The molecular formula is C14H19ClN2O3S. The molecule has 0 unspecified atom stereocenters. The van der Waals surface area contributed by atoms with E-state index in [1.165, 1.54) is 0 Å². The van der Waals surface area contributed by atoms with Crippen LogP contribution < -0.4 is 4.74 Å². The van der Waals surface area contributed by atoms with Gasteiger partial charge < -0.3 is 9.30 Å². The van der Waals surface area contributed by atoms with Crippen LogP contribution in [0.15, 0.2) is 18.2 Å². The second-order valence-electron chi connectivity index (χ2n) is 4.71. The molecule has 0 aliphatic heterocycles. The lowest BCUT2D eigenvalue weighted by Crippen LogP contribution is -2.16. The third-order valence-corrected chi connectivity index (χ3v) is 5.29. The van der Waals surface area contributed by atoms with E-state index >= 15 is 0 Å². The first-order valence-electron chi connectivity index (χ1n) is 6.80. The average Bonchev–Trinajstić information content (AvgIpc) is 2.82. The van der Waals surface area contributed by atoms with Gasteiger partial charge in [0.15, 0.2) is 9.84 Å². The number of hydrogen-bond acceptors (Lipinski definition) is 4. The summed E-state index contributed by atoms with van der Waals surface area (Å²) in [4.78, 5) is 4.54. The van der Waals surface area contributed by atoms with E-state index in [0.29, 0.717) is 18.8 Å². The summed E-state index contributed by atoms with van der Waals surface area (Å²) in [6.07, 6.45) is 0.602. The van der Waals surface area contributed by atoms with Gasteiger partial charge in [-0.1, -0.05) is 6.92 Å². The molecule has 21 heavy (non-hydrogen) atoms. The number of aryl methyl sites for hydroxylation is 2. The van der Waals surface area contributed by atoms with E-state index in [9.17, 15) is 8.42 Å². The second-order valence-corrected chi connectivity index (χ2v) is 7.56. The van der Waals surface area contributed by atoms with Gasteiger partial charge in [0.2, 0.25) is 0 Å². The zero-order chi connectivity index (χ0) is 15.5. The molecule has 0 fully saturated rings. The molecule has 2 rings (SSSR count). The van der Waals surface area contributed by atoms with Crippen molar-refractivity contribution in [3.8, 4) is 5.75 Å². The molecule has 0 aliphatic rings. The first-order valence-corrected chi connectivity index (χ1v) is 9.16. The van der Waals surface area contributed by atoms with Crippen molar-refractivity contribution >= 4 is 32.5 Å². The van der Waals surface area contributed by atoms with Gasteiger partial charge in [0, 0.05) is 30.7 Å². The molecule has 116 valence electrons. The number of methoxy groups -OCH3 is 1. The Bertz CT molecular complexity index is 725. The lowest BCUT2D eigenvalue weighted by molar-refractivity contribution is 0.415. The fourth-order valence-electron chi connectivity index (χ4n) is 2.19. The van der Waals surface area contributed by atoms with Crippen molar-refractivity contribution in [2.24, 2.45) is 0 Å². The van der Waals surface area contributed by atoms with Crippen LogP contribution in [0.25, 0.3) is 11.0 Å². The van der Waals surface area contributed by atoms with E-state index in [1.54, 1.807) is 14.0 Å². The van der Waals surface area contributed by atoms with Gasteiger partial charge in [-0.15, -0.1) is 11.6 Å². The maximum Gasteiger partial charge on any atom is 0.151 e. The summed E-state index contributed by atoms with van der Waals surface area (Å²) in [5, 5.41) is 0. The van der Waals surface area contributed by atoms with Gasteiger partial charge in [0.05, 0.1) is 23.9 Å². The predicted octanol–water partition coefficient (Wildman–Crippen LogP) is 2.26. The number of fused-ring (bicyclic) bond motifs is 1. The number of ether oxygens (including phenoxy) is 1. The molecule has 0 radical (unpaired) electrons. The minimum atomic E-state index is -3.02. The van der Waals surface area contributed by atoms with Crippen LogP contribution in [0.1, 0.15) is 12.7 Å². The Kier molecular flexibility index (Phi) is 5.11. The second kappa shape index (κ2) is 6.66. The summed E-state index contributed by atoms with van der Waals surface area (Å²) < 4.78 is 30.6. The summed E-state index contributed by atoms with van der Waals surface area (Å²) in [6.45, 7) is 2.05. The van der Waals surface area contributed by atoms with Gasteiger partial charge in [-0.2, -0.15) is 0 Å². The van der Waals surface area contributed by atoms with Gasteiger partial charge >= 0.3 is 0 Å². The quantitative estimate of drug-likeness (QED) is 0.731. The molecule has 5 nitrogen and oxygen atoms in total. The normalized spacial score (nSPS) is 12.0. The molecule has 0 bridgehead atoms. The summed E-state index contributed by atoms with van der Waals surface area (Å²) in [5.74, 6) is 2.24. The highest BCUT2D eigenvalue weighted by atomic mass is 35.5. The first kappa shape index (κ1) is 16.1. The summed E-state index contributed by atoms with van der Waals surface area (Å²) in [6, 6.07) is 5.59. The minimum absolute atomic E-state index is 0.107. The molecule has 0 spiro atoms. The molecule has 1 aromatic heterocycles. The highest BCUT2D eigenvalue weighted by molar-refractivity contribution is 7.91. The molecule has 2 aromatic rings. The Morgan fingerprint density at radius 2 is 2.14 bits per heavy atom. The predicted molar refractivity (Wildman–Crippen MR) is 85.0 cm³/mol. The number of nitrogens with zero attached hydrogens (tertiary/aromatic N) is 2. The van der Waals surface area contributed by atoms with Crippen LogP contribution in [-0.2, 0) is 22.8 Å². The van der Waals surface area contributed by atoms with Crippen LogP contribution in [0.4, 0.5) is 0 Å². The Balaban J connectivity index is 2.41. The maximum atomic E-state index is 11.7. The van der Waals surface area contributed by atoms with Crippen molar-refractivity contribution in [1.29, 1.82) is 0 Å². The molecule has 0 aliphatic carbocycles. The lowest BCUT2D eigenvalue weighted by Gasteiger charge is -2.08. The van der Waals surface area contributed by atoms with Gasteiger partial charge in [-0.05, 0) is 12.1 Å². The summed E-state index contributed by atoms with van der Waals surface area (Å²) >= 11 is 5.82. The Morgan fingerprint density at radius 3 is 2.76 bits per heavy atom. The molecule has 0 amide bonds. The monoisotopic (exact) mass is 330 g/mol. The Hall–Kier alpha value is -1.27. The van der Waals surface area contributed by atoms with Crippen molar-refractivity contribution in [2.75, 3.05) is 24.5 Å². The number of rotatable bonds is 7. The van der Waals surface area contributed by atoms with E-state index in [4.69, 9.17) is 16.3 Å². The van der Waals surface area contributed by atoms with Crippen molar-refractivity contribution in [1.82, 2.24) is 9.55 Å². The van der Waals surface area contributed by atoms with Crippen LogP contribution in [0.2, 0.25) is 0 Å². The Labute approximate surface area is 129 Å². The summed E-state index contributed by atoms with van der Waals surface area (Å²) in [5.41, 5.74) is 1.70. The zero-order valence-corrected chi connectivity index (χ0v) is 13.7. The van der Waals surface area contributed by atoms with Gasteiger partial charge in [-0.25, -0.2) is 13.4 Å². The highest BCUT2D eigenvalue weighted by Crippen LogP contribution is 2.22. The minimum Gasteiger partial charge on any atom is -0.497 e. The van der Waals surface area contributed by atoms with Crippen molar-refractivity contribution in [2.45, 2.75) is 19.9 Å². The number of hydrogen-bond donors (Lipinski definition) is 0. The number of imidazole rings is 1. The topological polar surface area (TPSA) is 61.2 Å². The van der Waals surface area contributed by atoms with Gasteiger partial charge in [0.25, 0.3) is 0 Å². The number of benzene rings is 1. The number of aromatic nitrogens is 2. The van der Waals surface area contributed by atoms with Crippen LogP contribution in [0, 0.1) is 0 Å². The molecule has 1 aromatic carbocycles. The molecule has 0 saturated carbocycles. The fraction of sp³-hybridized carbons (Fsp3) is 0.500. The largest absolute Gasteiger partial charge is 0.497 e. The number of alkyl halides is 1. The first-order chi connectivity index (χ1) is 10.0. The van der Waals surface area contributed by atoms with E-state index in [1.807, 2.05) is 22.8 Å².